The van der Waals surface area contributed by atoms with E-state index in [9.17, 15) is 4.79 Å². The van der Waals surface area contributed by atoms with Gasteiger partial charge in [0.05, 0.1) is 6.54 Å². The molecule has 1 aliphatic heterocycles. The molecule has 6 nitrogen and oxygen atoms in total. The van der Waals surface area contributed by atoms with Gasteiger partial charge in [-0.15, -0.1) is 5.10 Å². The average molecular weight is 171 g/mol. The van der Waals surface area contributed by atoms with Gasteiger partial charge in [0.1, 0.15) is 0 Å². The molecule has 1 amide bonds. The number of nitrogens with two attached hydrogens (primary N) is 2. The van der Waals surface area contributed by atoms with Crippen LogP contribution in [-0.4, -0.2) is 36.4 Å². The molecule has 0 unspecified atom stereocenters. The molecular formula is C6H13N5O. The maximum absolute atomic E-state index is 11.0. The average Bonchev–Trinajstić information content (AvgIpc) is 2.28. The molecule has 1 rings (SSSR count). The lowest BCUT2D eigenvalue weighted by molar-refractivity contribution is -0.120. The number of rotatable bonds is 0. The van der Waals surface area contributed by atoms with Gasteiger partial charge < -0.3 is 21.8 Å². The van der Waals surface area contributed by atoms with Crippen molar-refractivity contribution >= 4 is 11.9 Å². The largest absolute Gasteiger partial charge is 0.368 e. The van der Waals surface area contributed by atoms with Crippen LogP contribution in [0.1, 0.15) is 6.42 Å². The van der Waals surface area contributed by atoms with E-state index in [-0.39, 0.29) is 18.4 Å². The predicted molar refractivity (Wildman–Crippen MR) is 45.0 cm³/mol. The molecule has 0 atom stereocenters. The first-order chi connectivity index (χ1) is 5.74. The zero-order valence-corrected chi connectivity index (χ0v) is 6.79. The number of guanidine groups is 1. The van der Waals surface area contributed by atoms with Crippen LogP contribution in [0.2, 0.25) is 0 Å². The fourth-order valence-electron chi connectivity index (χ4n) is 1.08. The molecule has 12 heavy (non-hydrogen) atoms. The number of nitrogens with one attached hydrogen (secondary N) is 1. The van der Waals surface area contributed by atoms with Crippen molar-refractivity contribution in [2.24, 2.45) is 16.7 Å². The molecule has 1 heterocycles. The van der Waals surface area contributed by atoms with Crippen LogP contribution >= 0.6 is 0 Å². The lowest BCUT2D eigenvalue weighted by atomic mass is 10.4. The molecule has 0 aromatic rings. The van der Waals surface area contributed by atoms with Gasteiger partial charge in [-0.3, -0.25) is 4.79 Å². The number of carbonyl (C=O) groups excluding carboxylic acids is 1. The summed E-state index contributed by atoms with van der Waals surface area (Å²) in [4.78, 5) is 12.7. The summed E-state index contributed by atoms with van der Waals surface area (Å²) in [5.74, 6) is 5.16. The van der Waals surface area contributed by atoms with Crippen molar-refractivity contribution in [2.75, 3.05) is 19.6 Å². The molecule has 0 spiro atoms. The summed E-state index contributed by atoms with van der Waals surface area (Å²) in [5, 5.41) is 6.05. The van der Waals surface area contributed by atoms with Gasteiger partial charge >= 0.3 is 0 Å². The van der Waals surface area contributed by atoms with Gasteiger partial charge in [0, 0.05) is 13.1 Å². The Morgan fingerprint density at radius 3 is 3.08 bits per heavy atom. The van der Waals surface area contributed by atoms with E-state index in [4.69, 9.17) is 11.6 Å². The van der Waals surface area contributed by atoms with E-state index in [0.717, 1.165) is 6.42 Å². The predicted octanol–water partition coefficient (Wildman–Crippen LogP) is -2.00. The van der Waals surface area contributed by atoms with Crippen molar-refractivity contribution in [2.45, 2.75) is 6.42 Å². The van der Waals surface area contributed by atoms with E-state index in [2.05, 4.69) is 10.4 Å². The van der Waals surface area contributed by atoms with Crippen LogP contribution in [0.25, 0.3) is 0 Å². The third-order valence-electron chi connectivity index (χ3n) is 1.72. The molecule has 0 aliphatic carbocycles. The quantitative estimate of drug-likeness (QED) is 0.170. The highest BCUT2D eigenvalue weighted by molar-refractivity contribution is 5.85. The van der Waals surface area contributed by atoms with Gasteiger partial charge in [0.15, 0.2) is 0 Å². The maximum Gasteiger partial charge on any atom is 0.239 e. The first kappa shape index (κ1) is 8.63. The van der Waals surface area contributed by atoms with Crippen LogP contribution in [0.5, 0.6) is 0 Å². The number of hydrazone groups is 1. The molecule has 0 aromatic carbocycles. The van der Waals surface area contributed by atoms with Gasteiger partial charge in [0.2, 0.25) is 11.9 Å². The smallest absolute Gasteiger partial charge is 0.239 e. The lowest BCUT2D eigenvalue weighted by Gasteiger charge is -2.18. The highest BCUT2D eigenvalue weighted by atomic mass is 16.2. The summed E-state index contributed by atoms with van der Waals surface area (Å²) in [7, 11) is 0. The van der Waals surface area contributed by atoms with Gasteiger partial charge in [0.25, 0.3) is 0 Å². The monoisotopic (exact) mass is 171 g/mol. The molecule has 6 heteroatoms. The number of hydrogen-bond donors (Lipinski definition) is 3. The fourth-order valence-corrected chi connectivity index (χ4v) is 1.08. The normalized spacial score (nSPS) is 20.2. The first-order valence-electron chi connectivity index (χ1n) is 3.79. The number of nitrogens with zero attached hydrogens (tertiary/aromatic N) is 2. The maximum atomic E-state index is 11.0. The van der Waals surface area contributed by atoms with E-state index in [1.165, 1.54) is 0 Å². The fraction of sp³-hybridized carbons (Fsp3) is 0.667. The molecule has 1 fully saturated rings. The van der Waals surface area contributed by atoms with Gasteiger partial charge in [-0.1, -0.05) is 0 Å². The Hall–Kier alpha value is -1.46. The number of hydrogen-bond acceptors (Lipinski definition) is 3. The molecule has 1 aliphatic rings. The molecular weight excluding hydrogens is 158 g/mol. The topological polar surface area (TPSA) is 96.7 Å². The summed E-state index contributed by atoms with van der Waals surface area (Å²) in [6, 6.07) is 0. The SMILES string of the molecule is NN=C(N)N1CCCNC(=O)C1. The summed E-state index contributed by atoms with van der Waals surface area (Å²) >= 11 is 0. The molecule has 1 saturated heterocycles. The molecule has 0 radical (unpaired) electrons. The summed E-state index contributed by atoms with van der Waals surface area (Å²) in [6.07, 6.45) is 0.863. The van der Waals surface area contributed by atoms with Crippen molar-refractivity contribution in [3.8, 4) is 0 Å². The van der Waals surface area contributed by atoms with E-state index >= 15 is 0 Å². The van der Waals surface area contributed by atoms with E-state index < -0.39 is 0 Å². The minimum atomic E-state index is -0.0425. The Balaban J connectivity index is 2.58. The van der Waals surface area contributed by atoms with Crippen molar-refractivity contribution in [1.82, 2.24) is 10.2 Å². The Kier molecular flexibility index (Phi) is 2.73. The van der Waals surface area contributed by atoms with Crippen molar-refractivity contribution in [3.05, 3.63) is 0 Å². The first-order valence-corrected chi connectivity index (χ1v) is 3.79. The number of amides is 1. The second-order valence-electron chi connectivity index (χ2n) is 2.61. The third kappa shape index (κ3) is 2.01. The molecule has 0 bridgehead atoms. The van der Waals surface area contributed by atoms with E-state index in [0.29, 0.717) is 13.1 Å². The van der Waals surface area contributed by atoms with Crippen LogP contribution in [0.15, 0.2) is 5.10 Å². The zero-order chi connectivity index (χ0) is 8.97. The van der Waals surface area contributed by atoms with E-state index in [1.807, 2.05) is 0 Å². The second-order valence-corrected chi connectivity index (χ2v) is 2.61. The molecule has 0 aromatic heterocycles. The van der Waals surface area contributed by atoms with Crippen molar-refractivity contribution in [1.29, 1.82) is 0 Å². The molecule has 5 N–H and O–H groups in total. The minimum absolute atomic E-state index is 0.0425. The van der Waals surface area contributed by atoms with Crippen LogP contribution in [0, 0.1) is 0 Å². The highest BCUT2D eigenvalue weighted by Crippen LogP contribution is 1.94. The Labute approximate surface area is 70.6 Å². The Morgan fingerprint density at radius 1 is 1.67 bits per heavy atom. The van der Waals surface area contributed by atoms with Crippen LogP contribution in [0.4, 0.5) is 0 Å². The van der Waals surface area contributed by atoms with Gasteiger partial charge in [-0.2, -0.15) is 0 Å². The molecule has 68 valence electrons. The van der Waals surface area contributed by atoms with Gasteiger partial charge in [-0.25, -0.2) is 0 Å². The summed E-state index contributed by atoms with van der Waals surface area (Å²) in [6.45, 7) is 1.64. The lowest BCUT2D eigenvalue weighted by Crippen LogP contribution is -2.42. The Morgan fingerprint density at radius 2 is 2.42 bits per heavy atom. The second kappa shape index (κ2) is 3.80. The van der Waals surface area contributed by atoms with Crippen LogP contribution in [-0.2, 0) is 4.79 Å². The van der Waals surface area contributed by atoms with Crippen molar-refractivity contribution in [3.63, 3.8) is 0 Å². The van der Waals surface area contributed by atoms with E-state index in [1.54, 1.807) is 4.90 Å². The van der Waals surface area contributed by atoms with Crippen molar-refractivity contribution < 1.29 is 4.79 Å². The molecule has 0 saturated carbocycles. The zero-order valence-electron chi connectivity index (χ0n) is 6.79. The standard InChI is InChI=1S/C6H13N5O/c7-6(10-8)11-3-1-2-9-5(12)4-11/h1-4,8H2,(H2,7,10)(H,9,12). The van der Waals surface area contributed by atoms with Crippen LogP contribution in [0.3, 0.4) is 0 Å². The summed E-state index contributed by atoms with van der Waals surface area (Å²) in [5.41, 5.74) is 5.45. The van der Waals surface area contributed by atoms with Crippen LogP contribution < -0.4 is 16.9 Å². The van der Waals surface area contributed by atoms with Gasteiger partial charge in [-0.05, 0) is 6.42 Å². The minimum Gasteiger partial charge on any atom is -0.368 e. The summed E-state index contributed by atoms with van der Waals surface area (Å²) < 4.78 is 0. The highest BCUT2D eigenvalue weighted by Gasteiger charge is 2.15. The Bertz CT molecular complexity index is 202. The third-order valence-corrected chi connectivity index (χ3v) is 1.72. The number of carbonyl (C=O) groups is 1.